The lowest BCUT2D eigenvalue weighted by Gasteiger charge is -2.16. The van der Waals surface area contributed by atoms with Gasteiger partial charge in [-0.3, -0.25) is 4.79 Å². The third-order valence-electron chi connectivity index (χ3n) is 2.89. The summed E-state index contributed by atoms with van der Waals surface area (Å²) in [5.74, 6) is -0.856. The second-order valence-corrected chi connectivity index (χ2v) is 4.84. The molecular formula is C16H21NO3. The average molecular weight is 275 g/mol. The van der Waals surface area contributed by atoms with E-state index in [0.29, 0.717) is 0 Å². The van der Waals surface area contributed by atoms with Crippen molar-refractivity contribution in [3.63, 3.8) is 0 Å². The quantitative estimate of drug-likeness (QED) is 0.678. The molecule has 4 nitrogen and oxygen atoms in total. The summed E-state index contributed by atoms with van der Waals surface area (Å²) in [4.78, 5) is 23.3. The van der Waals surface area contributed by atoms with Crippen LogP contribution in [0.3, 0.4) is 0 Å². The van der Waals surface area contributed by atoms with Gasteiger partial charge in [-0.05, 0) is 45.7 Å². The molecule has 0 fully saturated rings. The number of rotatable bonds is 4. The highest BCUT2D eigenvalue weighted by atomic mass is 16.5. The Hall–Kier alpha value is -2.10. The number of hydrogen-bond acceptors (Lipinski definition) is 3. The number of hydrogen-bond donors (Lipinski definition) is 1. The van der Waals surface area contributed by atoms with E-state index in [1.807, 2.05) is 32.9 Å². The minimum atomic E-state index is -0.834. The third kappa shape index (κ3) is 4.23. The van der Waals surface area contributed by atoms with E-state index in [-0.39, 0.29) is 5.91 Å². The molecule has 4 heteroatoms. The fourth-order valence-corrected chi connectivity index (χ4v) is 2.01. The Labute approximate surface area is 119 Å². The maximum absolute atomic E-state index is 12.0. The molecule has 1 unspecified atom stereocenters. The van der Waals surface area contributed by atoms with Gasteiger partial charge in [-0.1, -0.05) is 23.8 Å². The zero-order valence-electron chi connectivity index (χ0n) is 12.6. The molecule has 0 spiro atoms. The van der Waals surface area contributed by atoms with Gasteiger partial charge >= 0.3 is 5.97 Å². The van der Waals surface area contributed by atoms with Crippen LogP contribution in [0.15, 0.2) is 24.3 Å². The Morgan fingerprint density at radius 3 is 2.25 bits per heavy atom. The zero-order valence-corrected chi connectivity index (χ0v) is 12.6. The number of benzene rings is 1. The van der Waals surface area contributed by atoms with Crippen molar-refractivity contribution < 1.29 is 14.3 Å². The first-order valence-electron chi connectivity index (χ1n) is 6.57. The van der Waals surface area contributed by atoms with Crippen LogP contribution in [0.4, 0.5) is 5.69 Å². The van der Waals surface area contributed by atoms with E-state index in [2.05, 4.69) is 5.32 Å². The SMILES string of the molecule is C/C=C/C(=O)OC(C)C(=O)Nc1c(C)cc(C)cc1C. The van der Waals surface area contributed by atoms with Crippen LogP contribution in [0, 0.1) is 20.8 Å². The van der Waals surface area contributed by atoms with Gasteiger partial charge in [0.2, 0.25) is 0 Å². The Balaban J connectivity index is 2.78. The molecule has 0 bridgehead atoms. The van der Waals surface area contributed by atoms with E-state index >= 15 is 0 Å². The van der Waals surface area contributed by atoms with Gasteiger partial charge in [0.15, 0.2) is 6.10 Å². The Kier molecular flexibility index (Phi) is 5.50. The van der Waals surface area contributed by atoms with Crippen molar-refractivity contribution in [2.75, 3.05) is 5.32 Å². The van der Waals surface area contributed by atoms with Gasteiger partial charge in [-0.2, -0.15) is 0 Å². The van der Waals surface area contributed by atoms with Crippen LogP contribution in [0.25, 0.3) is 0 Å². The van der Waals surface area contributed by atoms with Crippen molar-refractivity contribution in [3.8, 4) is 0 Å². The number of allylic oxidation sites excluding steroid dienone is 1. The monoisotopic (exact) mass is 275 g/mol. The van der Waals surface area contributed by atoms with Gasteiger partial charge in [-0.25, -0.2) is 4.79 Å². The van der Waals surface area contributed by atoms with Crippen molar-refractivity contribution in [1.82, 2.24) is 0 Å². The number of esters is 1. The number of aryl methyl sites for hydroxylation is 3. The molecule has 1 amide bonds. The van der Waals surface area contributed by atoms with Crippen LogP contribution in [0.2, 0.25) is 0 Å². The highest BCUT2D eigenvalue weighted by molar-refractivity contribution is 5.97. The fraction of sp³-hybridized carbons (Fsp3) is 0.375. The normalized spacial score (nSPS) is 12.2. The smallest absolute Gasteiger partial charge is 0.331 e. The van der Waals surface area contributed by atoms with Gasteiger partial charge in [-0.15, -0.1) is 0 Å². The molecule has 1 aromatic carbocycles. The van der Waals surface area contributed by atoms with Gasteiger partial charge in [0.25, 0.3) is 5.91 Å². The van der Waals surface area contributed by atoms with E-state index in [9.17, 15) is 9.59 Å². The van der Waals surface area contributed by atoms with E-state index in [1.54, 1.807) is 19.9 Å². The minimum absolute atomic E-state index is 0.335. The van der Waals surface area contributed by atoms with Crippen molar-refractivity contribution in [1.29, 1.82) is 0 Å². The second kappa shape index (κ2) is 6.89. The van der Waals surface area contributed by atoms with Crippen molar-refractivity contribution in [2.24, 2.45) is 0 Å². The summed E-state index contributed by atoms with van der Waals surface area (Å²) in [6.45, 7) is 9.14. The van der Waals surface area contributed by atoms with Crippen LogP contribution in [-0.2, 0) is 14.3 Å². The molecule has 0 heterocycles. The van der Waals surface area contributed by atoms with Gasteiger partial charge in [0, 0.05) is 11.8 Å². The molecule has 0 aromatic heterocycles. The molecule has 1 rings (SSSR count). The third-order valence-corrected chi connectivity index (χ3v) is 2.89. The Morgan fingerprint density at radius 1 is 1.20 bits per heavy atom. The molecule has 0 saturated heterocycles. The standard InChI is InChI=1S/C16H21NO3/c1-6-7-14(18)20-13(5)16(19)17-15-11(3)8-10(2)9-12(15)4/h6-9,13H,1-5H3,(H,17,19)/b7-6+. The molecule has 0 radical (unpaired) electrons. The summed E-state index contributed by atoms with van der Waals surface area (Å²) in [5, 5.41) is 2.81. The largest absolute Gasteiger partial charge is 0.449 e. The molecule has 1 N–H and O–H groups in total. The number of anilines is 1. The predicted octanol–water partition coefficient (Wildman–Crippen LogP) is 3.06. The highest BCUT2D eigenvalue weighted by Crippen LogP contribution is 2.22. The van der Waals surface area contributed by atoms with E-state index in [4.69, 9.17) is 4.74 Å². The molecule has 1 aromatic rings. The van der Waals surface area contributed by atoms with E-state index < -0.39 is 12.1 Å². The van der Waals surface area contributed by atoms with Crippen LogP contribution < -0.4 is 5.32 Å². The number of carbonyl (C=O) groups is 2. The first-order chi connectivity index (χ1) is 9.35. The lowest BCUT2D eigenvalue weighted by atomic mass is 10.0. The summed E-state index contributed by atoms with van der Waals surface area (Å²) < 4.78 is 4.99. The maximum Gasteiger partial charge on any atom is 0.331 e. The van der Waals surface area contributed by atoms with E-state index in [0.717, 1.165) is 22.4 Å². The highest BCUT2D eigenvalue weighted by Gasteiger charge is 2.18. The minimum Gasteiger partial charge on any atom is -0.449 e. The van der Waals surface area contributed by atoms with Crippen molar-refractivity contribution in [2.45, 2.75) is 40.7 Å². The molecule has 108 valence electrons. The predicted molar refractivity (Wildman–Crippen MR) is 79.7 cm³/mol. The first-order valence-corrected chi connectivity index (χ1v) is 6.57. The summed E-state index contributed by atoms with van der Waals surface area (Å²) >= 11 is 0. The first kappa shape index (κ1) is 16.0. The molecule has 0 saturated carbocycles. The van der Waals surface area contributed by atoms with Gasteiger partial charge < -0.3 is 10.1 Å². The molecule has 1 atom stereocenters. The second-order valence-electron chi connectivity index (χ2n) is 4.84. The van der Waals surface area contributed by atoms with Gasteiger partial charge in [0.05, 0.1) is 0 Å². The van der Waals surface area contributed by atoms with Crippen LogP contribution in [-0.4, -0.2) is 18.0 Å². The van der Waals surface area contributed by atoms with Crippen LogP contribution >= 0.6 is 0 Å². The zero-order chi connectivity index (χ0) is 15.3. The maximum atomic E-state index is 12.0. The van der Waals surface area contributed by atoms with Crippen LogP contribution in [0.1, 0.15) is 30.5 Å². The summed E-state index contributed by atoms with van der Waals surface area (Å²) in [6, 6.07) is 4.00. The number of amides is 1. The Bertz CT molecular complexity index is 524. The van der Waals surface area contributed by atoms with Crippen molar-refractivity contribution in [3.05, 3.63) is 41.0 Å². The van der Waals surface area contributed by atoms with E-state index in [1.165, 1.54) is 6.08 Å². The molecule has 0 aliphatic heterocycles. The lowest BCUT2D eigenvalue weighted by Crippen LogP contribution is -2.30. The van der Waals surface area contributed by atoms with Gasteiger partial charge in [0.1, 0.15) is 0 Å². The number of ether oxygens (including phenoxy) is 1. The summed E-state index contributed by atoms with van der Waals surface area (Å²) in [7, 11) is 0. The van der Waals surface area contributed by atoms with Crippen molar-refractivity contribution >= 4 is 17.6 Å². The molecule has 0 aliphatic carbocycles. The summed E-state index contributed by atoms with van der Waals surface area (Å²) in [6.07, 6.45) is 2.02. The lowest BCUT2D eigenvalue weighted by molar-refractivity contribution is -0.148. The number of carbonyl (C=O) groups excluding carboxylic acids is 2. The number of nitrogens with one attached hydrogen (secondary N) is 1. The molecular weight excluding hydrogens is 254 g/mol. The fourth-order valence-electron chi connectivity index (χ4n) is 2.01. The molecule has 0 aliphatic rings. The summed E-state index contributed by atoms with van der Waals surface area (Å²) in [5.41, 5.74) is 3.89. The average Bonchev–Trinajstić information content (AvgIpc) is 2.33. The Morgan fingerprint density at radius 2 is 1.75 bits per heavy atom. The van der Waals surface area contributed by atoms with Crippen LogP contribution in [0.5, 0.6) is 0 Å². The topological polar surface area (TPSA) is 55.4 Å². The molecule has 20 heavy (non-hydrogen) atoms.